The number of hydrogen-bond donors (Lipinski definition) is 2. The topological polar surface area (TPSA) is 76.7 Å². The Morgan fingerprint density at radius 2 is 1.96 bits per heavy atom. The van der Waals surface area contributed by atoms with Crippen LogP contribution in [0.2, 0.25) is 0 Å². The van der Waals surface area contributed by atoms with Gasteiger partial charge in [-0.05, 0) is 36.4 Å². The Balaban J connectivity index is 1.62. The molecule has 0 fully saturated rings. The minimum absolute atomic E-state index is 0.0633. The Labute approximate surface area is 133 Å². The molecule has 6 heteroatoms. The van der Waals surface area contributed by atoms with E-state index in [-0.39, 0.29) is 18.2 Å². The Hall–Kier alpha value is -3.02. The Bertz CT molecular complexity index is 728. The monoisotopic (exact) mass is 312 g/mol. The molecule has 1 aliphatic heterocycles. The molecule has 118 valence electrons. The molecular weight excluding hydrogens is 296 g/mol. The van der Waals surface area contributed by atoms with Crippen molar-refractivity contribution in [3.8, 4) is 11.5 Å². The third-order valence-electron chi connectivity index (χ3n) is 3.45. The number of hydrogen-bond acceptors (Lipinski definition) is 4. The first kappa shape index (κ1) is 14.9. The van der Waals surface area contributed by atoms with Gasteiger partial charge in [0.1, 0.15) is 11.5 Å². The van der Waals surface area contributed by atoms with Crippen molar-refractivity contribution in [1.82, 2.24) is 0 Å². The lowest BCUT2D eigenvalue weighted by Gasteiger charge is -2.25. The molecular formula is C17H16N2O4. The number of rotatable bonds is 4. The second-order valence-corrected chi connectivity index (χ2v) is 5.07. The molecule has 2 N–H and O–H groups in total. The highest BCUT2D eigenvalue weighted by Gasteiger charge is 2.29. The number of nitrogens with one attached hydrogen (secondary N) is 2. The quantitative estimate of drug-likeness (QED) is 0.909. The average Bonchev–Trinajstić information content (AvgIpc) is 2.56. The summed E-state index contributed by atoms with van der Waals surface area (Å²) in [5.41, 5.74) is 1.25. The maximum absolute atomic E-state index is 12.1. The maximum atomic E-state index is 12.1. The minimum Gasteiger partial charge on any atom is -0.497 e. The van der Waals surface area contributed by atoms with Crippen molar-refractivity contribution in [3.63, 3.8) is 0 Å². The predicted molar refractivity (Wildman–Crippen MR) is 85.7 cm³/mol. The molecule has 2 aromatic rings. The summed E-state index contributed by atoms with van der Waals surface area (Å²) in [6.07, 6.45) is -0.908. The van der Waals surface area contributed by atoms with Crippen LogP contribution in [0.5, 0.6) is 11.5 Å². The van der Waals surface area contributed by atoms with Crippen molar-refractivity contribution in [2.45, 2.75) is 12.5 Å². The Kier molecular flexibility index (Phi) is 4.14. The number of carbonyl (C=O) groups is 2. The van der Waals surface area contributed by atoms with Crippen molar-refractivity contribution in [2.24, 2.45) is 0 Å². The first-order valence-electron chi connectivity index (χ1n) is 7.16. The summed E-state index contributed by atoms with van der Waals surface area (Å²) in [7, 11) is 1.57. The molecule has 0 radical (unpaired) electrons. The van der Waals surface area contributed by atoms with Crippen LogP contribution in [0, 0.1) is 0 Å². The molecule has 0 bridgehead atoms. The normalized spacial score (nSPS) is 15.9. The van der Waals surface area contributed by atoms with Crippen molar-refractivity contribution >= 4 is 23.2 Å². The molecule has 0 spiro atoms. The molecule has 1 atom stereocenters. The van der Waals surface area contributed by atoms with Gasteiger partial charge in [0.25, 0.3) is 5.91 Å². The van der Waals surface area contributed by atoms with Gasteiger partial charge < -0.3 is 20.1 Å². The molecule has 3 rings (SSSR count). The Morgan fingerprint density at radius 1 is 1.22 bits per heavy atom. The van der Waals surface area contributed by atoms with E-state index in [0.717, 1.165) is 0 Å². The van der Waals surface area contributed by atoms with Gasteiger partial charge in [0, 0.05) is 5.69 Å². The molecule has 2 aromatic carbocycles. The maximum Gasteiger partial charge on any atom is 0.266 e. The van der Waals surface area contributed by atoms with Crippen LogP contribution in [0.25, 0.3) is 0 Å². The van der Waals surface area contributed by atoms with Gasteiger partial charge in [-0.2, -0.15) is 0 Å². The smallest absolute Gasteiger partial charge is 0.266 e. The highest BCUT2D eigenvalue weighted by atomic mass is 16.5. The number of carbonyl (C=O) groups excluding carboxylic acids is 2. The van der Waals surface area contributed by atoms with Crippen LogP contribution >= 0.6 is 0 Å². The highest BCUT2D eigenvalue weighted by Crippen LogP contribution is 2.29. The van der Waals surface area contributed by atoms with E-state index < -0.39 is 6.10 Å². The van der Waals surface area contributed by atoms with Crippen molar-refractivity contribution in [1.29, 1.82) is 0 Å². The van der Waals surface area contributed by atoms with Crippen LogP contribution in [-0.2, 0) is 9.59 Å². The minimum atomic E-state index is -0.844. The average molecular weight is 312 g/mol. The molecule has 1 heterocycles. The van der Waals surface area contributed by atoms with E-state index in [4.69, 9.17) is 9.47 Å². The van der Waals surface area contributed by atoms with Crippen LogP contribution in [-0.4, -0.2) is 25.0 Å². The fraction of sp³-hybridized carbons (Fsp3) is 0.176. The third kappa shape index (κ3) is 3.42. The van der Waals surface area contributed by atoms with Crippen LogP contribution < -0.4 is 20.1 Å². The van der Waals surface area contributed by atoms with Crippen LogP contribution in [0.4, 0.5) is 11.4 Å². The van der Waals surface area contributed by atoms with E-state index in [9.17, 15) is 9.59 Å². The fourth-order valence-electron chi connectivity index (χ4n) is 2.28. The lowest BCUT2D eigenvalue weighted by Crippen LogP contribution is -2.39. The SMILES string of the molecule is COc1ccc(NC(=O)C[C@@H]2Oc3ccccc3NC2=O)cc1. The van der Waals surface area contributed by atoms with Crippen molar-refractivity contribution in [2.75, 3.05) is 17.7 Å². The summed E-state index contributed by atoms with van der Waals surface area (Å²) in [5.74, 6) is 0.646. The van der Waals surface area contributed by atoms with Gasteiger partial charge >= 0.3 is 0 Å². The molecule has 23 heavy (non-hydrogen) atoms. The highest BCUT2D eigenvalue weighted by molar-refractivity contribution is 6.01. The summed E-state index contributed by atoms with van der Waals surface area (Å²) < 4.78 is 10.7. The van der Waals surface area contributed by atoms with Gasteiger partial charge in [0.15, 0.2) is 6.10 Å². The fourth-order valence-corrected chi connectivity index (χ4v) is 2.28. The predicted octanol–water partition coefficient (Wildman–Crippen LogP) is 2.42. The van der Waals surface area contributed by atoms with Gasteiger partial charge in [-0.1, -0.05) is 12.1 Å². The van der Waals surface area contributed by atoms with Gasteiger partial charge in [-0.3, -0.25) is 9.59 Å². The van der Waals surface area contributed by atoms with E-state index in [0.29, 0.717) is 22.9 Å². The molecule has 0 unspecified atom stereocenters. The van der Waals surface area contributed by atoms with Crippen molar-refractivity contribution < 1.29 is 19.1 Å². The number of methoxy groups -OCH3 is 1. The standard InChI is InChI=1S/C17H16N2O4/c1-22-12-8-6-11(7-9-12)18-16(20)10-15-17(21)19-13-4-2-3-5-14(13)23-15/h2-9,15H,10H2,1H3,(H,18,20)(H,19,21)/t15-/m0/s1. The number of anilines is 2. The molecule has 1 aliphatic rings. The summed E-state index contributed by atoms with van der Waals surface area (Å²) >= 11 is 0. The van der Waals surface area contributed by atoms with E-state index in [1.54, 1.807) is 49.6 Å². The number of fused-ring (bicyclic) bond motifs is 1. The number of amides is 2. The van der Waals surface area contributed by atoms with Crippen LogP contribution in [0.3, 0.4) is 0 Å². The van der Waals surface area contributed by atoms with Gasteiger partial charge in [0.2, 0.25) is 5.91 Å². The first-order valence-corrected chi connectivity index (χ1v) is 7.16. The molecule has 0 saturated heterocycles. The molecule has 6 nitrogen and oxygen atoms in total. The molecule has 2 amide bonds. The van der Waals surface area contributed by atoms with Crippen LogP contribution in [0.15, 0.2) is 48.5 Å². The Morgan fingerprint density at radius 3 is 2.70 bits per heavy atom. The number of ether oxygens (including phenoxy) is 2. The van der Waals surface area contributed by atoms with Gasteiger partial charge in [-0.25, -0.2) is 0 Å². The van der Waals surface area contributed by atoms with Crippen molar-refractivity contribution in [3.05, 3.63) is 48.5 Å². The lowest BCUT2D eigenvalue weighted by molar-refractivity contribution is -0.128. The summed E-state index contributed by atoms with van der Waals surface area (Å²) in [6, 6.07) is 14.1. The zero-order chi connectivity index (χ0) is 16.2. The van der Waals surface area contributed by atoms with Gasteiger partial charge in [0.05, 0.1) is 19.2 Å². The zero-order valence-electron chi connectivity index (χ0n) is 12.5. The first-order chi connectivity index (χ1) is 11.2. The van der Waals surface area contributed by atoms with E-state index in [2.05, 4.69) is 10.6 Å². The molecule has 0 aliphatic carbocycles. The molecule has 0 aromatic heterocycles. The van der Waals surface area contributed by atoms with Gasteiger partial charge in [-0.15, -0.1) is 0 Å². The third-order valence-corrected chi connectivity index (χ3v) is 3.45. The second kappa shape index (κ2) is 6.39. The summed E-state index contributed by atoms with van der Waals surface area (Å²) in [4.78, 5) is 24.1. The summed E-state index contributed by atoms with van der Waals surface area (Å²) in [6.45, 7) is 0. The van der Waals surface area contributed by atoms with Crippen LogP contribution in [0.1, 0.15) is 6.42 Å². The van der Waals surface area contributed by atoms with E-state index in [1.807, 2.05) is 6.07 Å². The second-order valence-electron chi connectivity index (χ2n) is 5.07. The lowest BCUT2D eigenvalue weighted by atomic mass is 10.1. The summed E-state index contributed by atoms with van der Waals surface area (Å²) in [5, 5.41) is 5.46. The number of benzene rings is 2. The number of para-hydroxylation sites is 2. The largest absolute Gasteiger partial charge is 0.497 e. The zero-order valence-corrected chi connectivity index (χ0v) is 12.5. The molecule has 0 saturated carbocycles. The van der Waals surface area contributed by atoms with E-state index >= 15 is 0 Å². The van der Waals surface area contributed by atoms with E-state index in [1.165, 1.54) is 0 Å².